The Morgan fingerprint density at radius 2 is 1.69 bits per heavy atom. The Labute approximate surface area is 157 Å². The number of carbonyl (C=O) groups is 2. The molecule has 0 heterocycles. The van der Waals surface area contributed by atoms with Crippen LogP contribution >= 0.6 is 11.8 Å². The molecule has 2 N–H and O–H groups in total. The molecule has 4 aliphatic carbocycles. The normalized spacial score (nSPS) is 32.9. The number of rotatable bonds is 4. The maximum Gasteiger partial charge on any atom is 0.321 e. The highest BCUT2D eigenvalue weighted by Crippen LogP contribution is 2.55. The van der Waals surface area contributed by atoms with Crippen molar-refractivity contribution in [1.29, 1.82) is 0 Å². The Morgan fingerprint density at radius 3 is 2.27 bits per heavy atom. The summed E-state index contributed by atoms with van der Waals surface area (Å²) in [5.74, 6) is 1.45. The fourth-order valence-corrected chi connectivity index (χ4v) is 6.42. The van der Waals surface area contributed by atoms with E-state index < -0.39 is 11.3 Å². The lowest BCUT2D eigenvalue weighted by molar-refractivity contribution is -0.119. The molecule has 5 rings (SSSR count). The molecule has 1 atom stereocenters. The number of amides is 3. The van der Waals surface area contributed by atoms with Crippen LogP contribution in [0.25, 0.3) is 0 Å². The van der Waals surface area contributed by atoms with E-state index in [4.69, 9.17) is 0 Å². The molecule has 0 saturated heterocycles. The predicted molar refractivity (Wildman–Crippen MR) is 99.3 cm³/mol. The summed E-state index contributed by atoms with van der Waals surface area (Å²) >= 11 is 1.12. The van der Waals surface area contributed by atoms with Gasteiger partial charge in [0.25, 0.3) is 0 Å². The van der Waals surface area contributed by atoms with Gasteiger partial charge in [-0.1, -0.05) is 12.1 Å². The van der Waals surface area contributed by atoms with Crippen molar-refractivity contribution in [1.82, 2.24) is 10.6 Å². The van der Waals surface area contributed by atoms with E-state index in [-0.39, 0.29) is 17.3 Å². The minimum atomic E-state index is -0.547. The molecule has 0 aromatic heterocycles. The summed E-state index contributed by atoms with van der Waals surface area (Å²) in [4.78, 5) is 25.2. The third kappa shape index (κ3) is 3.61. The van der Waals surface area contributed by atoms with Crippen LogP contribution in [-0.4, -0.2) is 22.7 Å². The van der Waals surface area contributed by atoms with E-state index in [2.05, 4.69) is 10.6 Å². The largest absolute Gasteiger partial charge is 0.332 e. The van der Waals surface area contributed by atoms with Crippen LogP contribution in [0.5, 0.6) is 0 Å². The molecule has 1 aromatic carbocycles. The number of carbonyl (C=O) groups excluding carboxylic acids is 2. The summed E-state index contributed by atoms with van der Waals surface area (Å²) in [5.41, 5.74) is -0.124. The van der Waals surface area contributed by atoms with Gasteiger partial charge in [0.1, 0.15) is 5.82 Å². The predicted octanol–water partition coefficient (Wildman–Crippen LogP) is 4.10. The molecule has 0 aliphatic heterocycles. The van der Waals surface area contributed by atoms with Crippen molar-refractivity contribution in [2.45, 2.75) is 61.1 Å². The van der Waals surface area contributed by atoms with Crippen molar-refractivity contribution in [3.63, 3.8) is 0 Å². The zero-order valence-electron chi connectivity index (χ0n) is 15.0. The molecule has 140 valence electrons. The highest BCUT2D eigenvalue weighted by atomic mass is 32.2. The molecule has 4 bridgehead atoms. The number of halogens is 1. The fraction of sp³-hybridized carbons (Fsp3) is 0.600. The van der Waals surface area contributed by atoms with Crippen molar-refractivity contribution < 1.29 is 14.0 Å². The molecule has 0 radical (unpaired) electrons. The molecule has 6 heteroatoms. The summed E-state index contributed by atoms with van der Waals surface area (Å²) in [5, 5.41) is 5.05. The zero-order chi connectivity index (χ0) is 18.3. The van der Waals surface area contributed by atoms with Gasteiger partial charge in [-0.05, 0) is 75.3 Å². The fourth-order valence-electron chi connectivity index (χ4n) is 5.53. The summed E-state index contributed by atoms with van der Waals surface area (Å²) in [6.45, 7) is 1.68. The van der Waals surface area contributed by atoms with Crippen LogP contribution in [-0.2, 0) is 4.79 Å². The molecule has 4 saturated carbocycles. The highest BCUT2D eigenvalue weighted by Gasteiger charge is 2.51. The zero-order valence-corrected chi connectivity index (χ0v) is 15.8. The minimum Gasteiger partial charge on any atom is -0.332 e. The summed E-state index contributed by atoms with van der Waals surface area (Å²) in [6, 6.07) is 5.95. The number of imide groups is 1. The monoisotopic (exact) mass is 376 g/mol. The smallest absolute Gasteiger partial charge is 0.321 e. The molecule has 3 amide bonds. The van der Waals surface area contributed by atoms with Crippen molar-refractivity contribution in [2.24, 2.45) is 17.8 Å². The number of benzene rings is 1. The average molecular weight is 376 g/mol. The van der Waals surface area contributed by atoms with Crippen molar-refractivity contribution in [2.75, 3.05) is 0 Å². The van der Waals surface area contributed by atoms with Crippen LogP contribution in [0.15, 0.2) is 29.2 Å². The van der Waals surface area contributed by atoms with Crippen molar-refractivity contribution >= 4 is 23.7 Å². The van der Waals surface area contributed by atoms with Gasteiger partial charge >= 0.3 is 6.03 Å². The Hall–Kier alpha value is -1.56. The maximum absolute atomic E-state index is 13.7. The standard InChI is InChI=1S/C20H25FN2O2S/c1-12(26-17-5-3-2-4-16(17)21)18(24)22-19(25)23-20-9-13-6-14(10-20)8-15(7-13)11-20/h2-5,12-15H,6-11H2,1H3,(H2,22,23,24,25)/t12-,13?,14?,15?,20?/m1/s1. The van der Waals surface area contributed by atoms with E-state index in [0.29, 0.717) is 4.90 Å². The van der Waals surface area contributed by atoms with Gasteiger partial charge in [-0.25, -0.2) is 9.18 Å². The maximum atomic E-state index is 13.7. The van der Waals surface area contributed by atoms with E-state index in [0.717, 1.165) is 48.8 Å². The Balaban J connectivity index is 1.33. The summed E-state index contributed by atoms with van der Waals surface area (Å²) < 4.78 is 13.7. The lowest BCUT2D eigenvalue weighted by atomic mass is 9.53. The molecular weight excluding hydrogens is 351 g/mol. The first-order chi connectivity index (χ1) is 12.4. The Morgan fingerprint density at radius 1 is 1.12 bits per heavy atom. The van der Waals surface area contributed by atoms with E-state index in [1.54, 1.807) is 25.1 Å². The van der Waals surface area contributed by atoms with Gasteiger partial charge in [-0.15, -0.1) is 11.8 Å². The van der Waals surface area contributed by atoms with Gasteiger partial charge in [-0.2, -0.15) is 0 Å². The van der Waals surface area contributed by atoms with Gasteiger partial charge in [0, 0.05) is 10.4 Å². The number of hydrogen-bond acceptors (Lipinski definition) is 3. The molecule has 4 aliphatic rings. The molecule has 0 spiro atoms. The summed E-state index contributed by atoms with van der Waals surface area (Å²) in [7, 11) is 0. The minimum absolute atomic E-state index is 0.124. The number of hydrogen-bond donors (Lipinski definition) is 2. The molecule has 4 nitrogen and oxygen atoms in total. The van der Waals surface area contributed by atoms with Crippen LogP contribution in [0.2, 0.25) is 0 Å². The molecule has 26 heavy (non-hydrogen) atoms. The second-order valence-electron chi connectivity index (χ2n) is 8.33. The van der Waals surface area contributed by atoms with Crippen LogP contribution in [0, 0.1) is 23.6 Å². The van der Waals surface area contributed by atoms with Crippen LogP contribution in [0.3, 0.4) is 0 Å². The second-order valence-corrected chi connectivity index (χ2v) is 9.71. The van der Waals surface area contributed by atoms with Gasteiger partial charge in [0.15, 0.2) is 0 Å². The topological polar surface area (TPSA) is 58.2 Å². The van der Waals surface area contributed by atoms with Crippen LogP contribution in [0.4, 0.5) is 9.18 Å². The molecule has 0 unspecified atom stereocenters. The first-order valence-corrected chi connectivity index (χ1v) is 10.3. The Kier molecular flexibility index (Phi) is 4.71. The van der Waals surface area contributed by atoms with Gasteiger partial charge in [0.05, 0.1) is 5.25 Å². The third-order valence-corrected chi connectivity index (χ3v) is 7.32. The van der Waals surface area contributed by atoms with Crippen LogP contribution in [0.1, 0.15) is 45.4 Å². The first-order valence-electron chi connectivity index (χ1n) is 9.47. The van der Waals surface area contributed by atoms with E-state index in [1.807, 2.05) is 0 Å². The number of thioether (sulfide) groups is 1. The van der Waals surface area contributed by atoms with Crippen molar-refractivity contribution in [3.05, 3.63) is 30.1 Å². The van der Waals surface area contributed by atoms with Crippen LogP contribution < -0.4 is 10.6 Å². The molecular formula is C20H25FN2O2S. The third-order valence-electron chi connectivity index (χ3n) is 6.16. The highest BCUT2D eigenvalue weighted by molar-refractivity contribution is 8.00. The first kappa shape index (κ1) is 17.8. The molecule has 1 aromatic rings. The lowest BCUT2D eigenvalue weighted by Crippen LogP contribution is -2.62. The number of nitrogens with one attached hydrogen (secondary N) is 2. The molecule has 4 fully saturated rings. The van der Waals surface area contributed by atoms with E-state index in [1.165, 1.54) is 25.3 Å². The van der Waals surface area contributed by atoms with Crippen molar-refractivity contribution in [3.8, 4) is 0 Å². The lowest BCUT2D eigenvalue weighted by Gasteiger charge is -2.56. The average Bonchev–Trinajstić information content (AvgIpc) is 2.54. The Bertz CT molecular complexity index is 688. The van der Waals surface area contributed by atoms with Gasteiger partial charge in [-0.3, -0.25) is 10.1 Å². The second kappa shape index (κ2) is 6.87. The van der Waals surface area contributed by atoms with E-state index >= 15 is 0 Å². The summed E-state index contributed by atoms with van der Waals surface area (Å²) in [6.07, 6.45) is 7.04. The van der Waals surface area contributed by atoms with E-state index in [9.17, 15) is 14.0 Å². The van der Waals surface area contributed by atoms with Gasteiger partial charge in [0.2, 0.25) is 5.91 Å². The van der Waals surface area contributed by atoms with Gasteiger partial charge < -0.3 is 5.32 Å². The SMILES string of the molecule is C[C@@H](Sc1ccccc1F)C(=O)NC(=O)NC12CC3CC(CC(C3)C1)C2. The number of urea groups is 1. The quantitative estimate of drug-likeness (QED) is 0.778.